The molecule has 2 heterocycles. The van der Waals surface area contributed by atoms with Crippen LogP contribution < -0.4 is 5.32 Å². The van der Waals surface area contributed by atoms with E-state index in [0.717, 1.165) is 38.8 Å². The van der Waals surface area contributed by atoms with E-state index in [1.54, 1.807) is 0 Å². The zero-order valence-corrected chi connectivity index (χ0v) is 7.79. The second-order valence-corrected chi connectivity index (χ2v) is 3.63. The summed E-state index contributed by atoms with van der Waals surface area (Å²) in [5.41, 5.74) is 0. The third-order valence-electron chi connectivity index (χ3n) is 2.61. The second kappa shape index (κ2) is 4.07. The topological polar surface area (TPSA) is 41.6 Å². The van der Waals surface area contributed by atoms with Crippen LogP contribution in [-0.4, -0.2) is 36.7 Å². The van der Waals surface area contributed by atoms with Crippen LogP contribution in [0.4, 0.5) is 0 Å². The summed E-state index contributed by atoms with van der Waals surface area (Å²) in [6.07, 6.45) is 4.20. The third-order valence-corrected chi connectivity index (χ3v) is 2.61. The van der Waals surface area contributed by atoms with Crippen LogP contribution in [0.2, 0.25) is 0 Å². The summed E-state index contributed by atoms with van der Waals surface area (Å²) < 4.78 is 0. The minimum Gasteiger partial charge on any atom is -0.306 e. The summed E-state index contributed by atoms with van der Waals surface area (Å²) in [7, 11) is 0. The molecule has 0 unspecified atom stereocenters. The Labute approximate surface area is 78.2 Å². The van der Waals surface area contributed by atoms with E-state index in [2.05, 4.69) is 5.32 Å². The Kier molecular flexibility index (Phi) is 2.80. The van der Waals surface area contributed by atoms with E-state index in [1.165, 1.54) is 5.06 Å². The molecule has 2 aliphatic heterocycles. The van der Waals surface area contributed by atoms with Crippen molar-refractivity contribution in [2.24, 2.45) is 0 Å². The molecule has 1 amide bonds. The predicted molar refractivity (Wildman–Crippen MR) is 47.9 cm³/mol. The number of carbonyl (C=O) groups is 1. The summed E-state index contributed by atoms with van der Waals surface area (Å²) in [6.45, 7) is 2.42. The normalized spacial score (nSPS) is 29.2. The lowest BCUT2D eigenvalue weighted by molar-refractivity contribution is -0.198. The monoisotopic (exact) mass is 184 g/mol. The first kappa shape index (κ1) is 8.97. The van der Waals surface area contributed by atoms with Crippen molar-refractivity contribution in [2.45, 2.75) is 31.7 Å². The van der Waals surface area contributed by atoms with Gasteiger partial charge in [0.05, 0.1) is 12.6 Å². The summed E-state index contributed by atoms with van der Waals surface area (Å²) in [5.74, 6) is 0.122. The molecule has 4 nitrogen and oxygen atoms in total. The Morgan fingerprint density at radius 3 is 2.92 bits per heavy atom. The van der Waals surface area contributed by atoms with Crippen molar-refractivity contribution in [3.63, 3.8) is 0 Å². The van der Waals surface area contributed by atoms with Crippen molar-refractivity contribution < 1.29 is 9.63 Å². The minimum atomic E-state index is 0.0121. The van der Waals surface area contributed by atoms with Gasteiger partial charge in [-0.1, -0.05) is 0 Å². The van der Waals surface area contributed by atoms with Gasteiger partial charge in [0.2, 0.25) is 0 Å². The molecule has 13 heavy (non-hydrogen) atoms. The molecule has 4 heteroatoms. The van der Waals surface area contributed by atoms with Crippen LogP contribution in [0.25, 0.3) is 0 Å². The molecular formula is C9H16N2O2. The fourth-order valence-corrected chi connectivity index (χ4v) is 1.84. The Morgan fingerprint density at radius 1 is 1.38 bits per heavy atom. The van der Waals surface area contributed by atoms with E-state index in [1.807, 2.05) is 0 Å². The van der Waals surface area contributed by atoms with Crippen LogP contribution in [-0.2, 0) is 9.63 Å². The van der Waals surface area contributed by atoms with Gasteiger partial charge in [-0.15, -0.1) is 0 Å². The molecule has 74 valence electrons. The fraction of sp³-hybridized carbons (Fsp3) is 0.889. The molecule has 0 spiro atoms. The maximum absolute atomic E-state index is 11.7. The highest BCUT2D eigenvalue weighted by Crippen LogP contribution is 2.12. The van der Waals surface area contributed by atoms with Gasteiger partial charge >= 0.3 is 0 Å². The Balaban J connectivity index is 1.87. The Hall–Kier alpha value is -0.610. The quantitative estimate of drug-likeness (QED) is 0.637. The number of hydroxylamine groups is 2. The maximum atomic E-state index is 11.7. The van der Waals surface area contributed by atoms with E-state index < -0.39 is 0 Å². The van der Waals surface area contributed by atoms with Gasteiger partial charge < -0.3 is 5.32 Å². The van der Waals surface area contributed by atoms with Crippen molar-refractivity contribution in [3.05, 3.63) is 0 Å². The van der Waals surface area contributed by atoms with E-state index >= 15 is 0 Å². The molecule has 1 N–H and O–H groups in total. The van der Waals surface area contributed by atoms with Gasteiger partial charge in [0.1, 0.15) is 0 Å². The predicted octanol–water partition coefficient (Wildman–Crippen LogP) is 0.292. The number of rotatable bonds is 1. The second-order valence-electron chi connectivity index (χ2n) is 3.63. The first-order valence-electron chi connectivity index (χ1n) is 5.05. The molecule has 2 aliphatic rings. The molecule has 0 saturated carbocycles. The molecule has 1 atom stereocenters. The van der Waals surface area contributed by atoms with E-state index in [-0.39, 0.29) is 11.9 Å². The smallest absolute Gasteiger partial charge is 0.263 e. The average molecular weight is 184 g/mol. The van der Waals surface area contributed by atoms with Crippen LogP contribution in [0, 0.1) is 0 Å². The highest BCUT2D eigenvalue weighted by atomic mass is 16.7. The largest absolute Gasteiger partial charge is 0.306 e. The van der Waals surface area contributed by atoms with Crippen molar-refractivity contribution in [3.8, 4) is 0 Å². The summed E-state index contributed by atoms with van der Waals surface area (Å²) in [4.78, 5) is 17.0. The molecule has 0 aromatic carbocycles. The van der Waals surface area contributed by atoms with E-state index in [0.29, 0.717) is 6.61 Å². The molecule has 0 radical (unpaired) electrons. The van der Waals surface area contributed by atoms with E-state index in [9.17, 15) is 4.79 Å². The third kappa shape index (κ3) is 2.00. The summed E-state index contributed by atoms with van der Waals surface area (Å²) in [6, 6.07) is 0.0121. The van der Waals surface area contributed by atoms with Crippen LogP contribution in [0.15, 0.2) is 0 Å². The van der Waals surface area contributed by atoms with Crippen molar-refractivity contribution in [2.75, 3.05) is 19.7 Å². The van der Waals surface area contributed by atoms with Gasteiger partial charge in [0.25, 0.3) is 5.91 Å². The van der Waals surface area contributed by atoms with Gasteiger partial charge in [-0.3, -0.25) is 9.63 Å². The molecule has 0 bridgehead atoms. The molecule has 0 aromatic rings. The molecule has 2 rings (SSSR count). The highest BCUT2D eigenvalue weighted by molar-refractivity contribution is 5.81. The Morgan fingerprint density at radius 2 is 2.31 bits per heavy atom. The Bertz CT molecular complexity index is 184. The molecule has 2 saturated heterocycles. The highest BCUT2D eigenvalue weighted by Gasteiger charge is 2.28. The lowest BCUT2D eigenvalue weighted by Crippen LogP contribution is -2.45. The molecule has 0 aliphatic carbocycles. The van der Waals surface area contributed by atoms with Crippen LogP contribution in [0.3, 0.4) is 0 Å². The van der Waals surface area contributed by atoms with Gasteiger partial charge in [0, 0.05) is 6.54 Å². The van der Waals surface area contributed by atoms with Gasteiger partial charge in [-0.05, 0) is 32.2 Å². The molecule has 0 aromatic heterocycles. The lowest BCUT2D eigenvalue weighted by Gasteiger charge is -2.28. The number of nitrogens with zero attached hydrogens (tertiary/aromatic N) is 1. The van der Waals surface area contributed by atoms with E-state index in [4.69, 9.17) is 4.84 Å². The first-order chi connectivity index (χ1) is 6.38. The van der Waals surface area contributed by atoms with Gasteiger partial charge in [-0.2, -0.15) is 0 Å². The van der Waals surface area contributed by atoms with Crippen LogP contribution in [0.1, 0.15) is 25.7 Å². The zero-order valence-electron chi connectivity index (χ0n) is 7.79. The van der Waals surface area contributed by atoms with Crippen molar-refractivity contribution >= 4 is 5.91 Å². The van der Waals surface area contributed by atoms with Crippen LogP contribution in [0.5, 0.6) is 0 Å². The van der Waals surface area contributed by atoms with Crippen molar-refractivity contribution in [1.82, 2.24) is 10.4 Å². The molecule has 2 fully saturated rings. The fourth-order valence-electron chi connectivity index (χ4n) is 1.84. The number of hydrogen-bond acceptors (Lipinski definition) is 3. The van der Waals surface area contributed by atoms with Gasteiger partial charge in [-0.25, -0.2) is 5.06 Å². The van der Waals surface area contributed by atoms with Crippen LogP contribution >= 0.6 is 0 Å². The van der Waals surface area contributed by atoms with Crippen molar-refractivity contribution in [1.29, 1.82) is 0 Å². The SMILES string of the molecule is O=C([C@H]1CCCN1)N1CCCCO1. The molecular weight excluding hydrogens is 168 g/mol. The summed E-state index contributed by atoms with van der Waals surface area (Å²) in [5, 5.41) is 4.72. The summed E-state index contributed by atoms with van der Waals surface area (Å²) >= 11 is 0. The average Bonchev–Trinajstić information content (AvgIpc) is 2.71. The number of nitrogens with one attached hydrogen (secondary N) is 1. The number of carbonyl (C=O) groups excluding carboxylic acids is 1. The number of hydrogen-bond donors (Lipinski definition) is 1. The standard InChI is InChI=1S/C9H16N2O2/c12-9(8-4-3-5-10-8)11-6-1-2-7-13-11/h8,10H,1-7H2/t8-/m1/s1. The number of amides is 1. The maximum Gasteiger partial charge on any atom is 0.263 e. The zero-order chi connectivity index (χ0) is 9.10. The lowest BCUT2D eigenvalue weighted by atomic mass is 10.2. The first-order valence-corrected chi connectivity index (χ1v) is 5.05. The van der Waals surface area contributed by atoms with Gasteiger partial charge in [0.15, 0.2) is 0 Å². The minimum absolute atomic E-state index is 0.0121.